The molecule has 2 atom stereocenters. The number of nitrogens with one attached hydrogen (secondary N) is 1. The van der Waals surface area contributed by atoms with Crippen molar-refractivity contribution in [1.82, 2.24) is 5.32 Å². The lowest BCUT2D eigenvalue weighted by molar-refractivity contribution is -0.145. The van der Waals surface area contributed by atoms with E-state index in [-0.39, 0.29) is 6.42 Å². The van der Waals surface area contributed by atoms with E-state index in [0.717, 1.165) is 12.1 Å². The number of aliphatic carboxylic acids is 1. The molecule has 0 saturated carbocycles. The van der Waals surface area contributed by atoms with Gasteiger partial charge in [0.2, 0.25) is 5.91 Å². The predicted octanol–water partition coefficient (Wildman–Crippen LogP) is 3.57. The van der Waals surface area contributed by atoms with Gasteiger partial charge in [-0.1, -0.05) is 36.4 Å². The minimum Gasteiger partial charge on any atom is -0.481 e. The lowest BCUT2D eigenvalue weighted by atomic mass is 9.79. The van der Waals surface area contributed by atoms with E-state index in [2.05, 4.69) is 5.32 Å². The number of carboxylic acid groups (broad SMARTS) is 1. The molecule has 0 fully saturated rings. The minimum atomic E-state index is -1.39. The average molecular weight is 347 g/mol. The molecule has 0 aromatic heterocycles. The van der Waals surface area contributed by atoms with Crippen LogP contribution in [0.1, 0.15) is 37.4 Å². The molecule has 0 heterocycles. The van der Waals surface area contributed by atoms with Crippen molar-refractivity contribution < 1.29 is 23.5 Å². The Labute approximate surface area is 144 Å². The van der Waals surface area contributed by atoms with Crippen LogP contribution in [0.5, 0.6) is 0 Å². The lowest BCUT2D eigenvalue weighted by Crippen LogP contribution is -2.39. The third-order valence-electron chi connectivity index (χ3n) is 4.22. The van der Waals surface area contributed by atoms with Crippen LogP contribution < -0.4 is 5.32 Å². The Balaban J connectivity index is 2.14. The van der Waals surface area contributed by atoms with E-state index in [4.69, 9.17) is 0 Å². The highest BCUT2D eigenvalue weighted by Gasteiger charge is 2.37. The van der Waals surface area contributed by atoms with Gasteiger partial charge in [0.1, 0.15) is 0 Å². The topological polar surface area (TPSA) is 66.4 Å². The molecular formula is C19H19F2NO3. The second-order valence-corrected chi connectivity index (χ2v) is 6.14. The number of hydrogen-bond donors (Lipinski definition) is 2. The van der Waals surface area contributed by atoms with Crippen molar-refractivity contribution in [2.75, 3.05) is 0 Å². The number of rotatable bonds is 6. The van der Waals surface area contributed by atoms with Gasteiger partial charge in [-0.3, -0.25) is 9.59 Å². The number of carbonyl (C=O) groups is 2. The van der Waals surface area contributed by atoms with Crippen molar-refractivity contribution in [3.63, 3.8) is 0 Å². The normalized spacial score (nSPS) is 14.4. The van der Waals surface area contributed by atoms with Crippen LogP contribution in [0.2, 0.25) is 0 Å². The van der Waals surface area contributed by atoms with Gasteiger partial charge in [-0.25, -0.2) is 8.78 Å². The highest BCUT2D eigenvalue weighted by atomic mass is 19.2. The maximum absolute atomic E-state index is 13.3. The van der Waals surface area contributed by atoms with Crippen LogP contribution in [-0.4, -0.2) is 17.0 Å². The molecule has 0 unspecified atom stereocenters. The minimum absolute atomic E-state index is 0.277. The fourth-order valence-electron chi connectivity index (χ4n) is 2.59. The summed E-state index contributed by atoms with van der Waals surface area (Å²) in [5.41, 5.74) is -0.485. The van der Waals surface area contributed by atoms with Gasteiger partial charge in [0.15, 0.2) is 11.6 Å². The van der Waals surface area contributed by atoms with Crippen LogP contribution in [0.15, 0.2) is 48.5 Å². The number of hydrogen-bond acceptors (Lipinski definition) is 2. The largest absolute Gasteiger partial charge is 0.481 e. The molecule has 1 amide bonds. The van der Waals surface area contributed by atoms with Crippen LogP contribution in [0.25, 0.3) is 0 Å². The summed E-state index contributed by atoms with van der Waals surface area (Å²) in [5.74, 6) is -3.58. The molecule has 2 N–H and O–H groups in total. The second-order valence-electron chi connectivity index (χ2n) is 6.14. The molecule has 6 heteroatoms. The Morgan fingerprint density at radius 1 is 1.12 bits per heavy atom. The first kappa shape index (κ1) is 18.6. The maximum atomic E-state index is 13.3. The molecular weight excluding hydrogens is 328 g/mol. The van der Waals surface area contributed by atoms with E-state index in [1.807, 2.05) is 0 Å². The average Bonchev–Trinajstić information content (AvgIpc) is 2.57. The Bertz CT molecular complexity index is 779. The van der Waals surface area contributed by atoms with Crippen molar-refractivity contribution in [2.45, 2.75) is 31.7 Å². The molecule has 2 aromatic rings. The lowest BCUT2D eigenvalue weighted by Gasteiger charge is -2.26. The molecule has 2 rings (SSSR count). The number of amides is 1. The van der Waals surface area contributed by atoms with E-state index in [0.29, 0.717) is 11.1 Å². The van der Waals surface area contributed by atoms with Crippen LogP contribution in [0.3, 0.4) is 0 Å². The van der Waals surface area contributed by atoms with E-state index in [1.54, 1.807) is 37.3 Å². The fraction of sp³-hybridized carbons (Fsp3) is 0.263. The van der Waals surface area contributed by atoms with Gasteiger partial charge >= 0.3 is 5.97 Å². The highest BCUT2D eigenvalue weighted by Crippen LogP contribution is 2.28. The SMILES string of the molecule is C[C@H](NC(=O)C[C@](C)(C(=O)O)c1ccccc1)c1ccc(F)c(F)c1. The molecule has 25 heavy (non-hydrogen) atoms. The Morgan fingerprint density at radius 2 is 1.76 bits per heavy atom. The van der Waals surface area contributed by atoms with Gasteiger partial charge in [0.05, 0.1) is 11.5 Å². The standard InChI is InChI=1S/C19H19F2NO3/c1-12(13-8-9-15(20)16(21)10-13)22-17(23)11-19(2,18(24)25)14-6-4-3-5-7-14/h3-10,12H,11H2,1-2H3,(H,22,23)(H,24,25)/t12-,19-/m0/s1. The summed E-state index contributed by atoms with van der Waals surface area (Å²) in [6, 6.07) is 11.3. The second kappa shape index (κ2) is 7.42. The summed E-state index contributed by atoms with van der Waals surface area (Å²) < 4.78 is 26.3. The highest BCUT2D eigenvalue weighted by molar-refractivity contribution is 5.89. The molecule has 0 saturated heterocycles. The zero-order valence-electron chi connectivity index (χ0n) is 13.9. The molecule has 4 nitrogen and oxygen atoms in total. The van der Waals surface area contributed by atoms with Gasteiger partial charge in [-0.15, -0.1) is 0 Å². The quantitative estimate of drug-likeness (QED) is 0.839. The van der Waals surface area contributed by atoms with E-state index < -0.39 is 35.0 Å². The maximum Gasteiger partial charge on any atom is 0.314 e. The molecule has 0 aliphatic carbocycles. The van der Waals surface area contributed by atoms with Crippen LogP contribution in [0, 0.1) is 11.6 Å². The van der Waals surface area contributed by atoms with E-state index in [9.17, 15) is 23.5 Å². The molecule has 2 aromatic carbocycles. The van der Waals surface area contributed by atoms with E-state index in [1.165, 1.54) is 13.0 Å². The summed E-state index contributed by atoms with van der Waals surface area (Å²) in [6.07, 6.45) is -0.277. The zero-order chi connectivity index (χ0) is 18.6. The summed E-state index contributed by atoms with van der Waals surface area (Å²) in [4.78, 5) is 24.1. The van der Waals surface area contributed by atoms with Gasteiger partial charge in [0, 0.05) is 6.42 Å². The monoisotopic (exact) mass is 347 g/mol. The Kier molecular flexibility index (Phi) is 5.51. The summed E-state index contributed by atoms with van der Waals surface area (Å²) in [5, 5.41) is 12.2. The van der Waals surface area contributed by atoms with Crippen molar-refractivity contribution >= 4 is 11.9 Å². The van der Waals surface area contributed by atoms with Crippen molar-refractivity contribution in [1.29, 1.82) is 0 Å². The van der Waals surface area contributed by atoms with Crippen LogP contribution in [-0.2, 0) is 15.0 Å². The molecule has 132 valence electrons. The van der Waals surface area contributed by atoms with Gasteiger partial charge in [-0.2, -0.15) is 0 Å². The van der Waals surface area contributed by atoms with Crippen LogP contribution >= 0.6 is 0 Å². The van der Waals surface area contributed by atoms with Crippen LogP contribution in [0.4, 0.5) is 8.78 Å². The first-order valence-corrected chi connectivity index (χ1v) is 7.77. The number of halogens is 2. The Morgan fingerprint density at radius 3 is 2.32 bits per heavy atom. The Hall–Kier alpha value is -2.76. The number of carbonyl (C=O) groups excluding carboxylic acids is 1. The molecule has 0 radical (unpaired) electrons. The van der Waals surface area contributed by atoms with Gasteiger partial charge in [-0.05, 0) is 37.1 Å². The van der Waals surface area contributed by atoms with E-state index >= 15 is 0 Å². The molecule has 0 aliphatic heterocycles. The summed E-state index contributed by atoms with van der Waals surface area (Å²) >= 11 is 0. The third kappa shape index (κ3) is 4.21. The summed E-state index contributed by atoms with van der Waals surface area (Å²) in [6.45, 7) is 3.09. The molecule has 0 aliphatic rings. The first-order valence-electron chi connectivity index (χ1n) is 7.77. The molecule has 0 bridgehead atoms. The van der Waals surface area contributed by atoms with Crippen molar-refractivity contribution in [3.8, 4) is 0 Å². The summed E-state index contributed by atoms with van der Waals surface area (Å²) in [7, 11) is 0. The van der Waals surface area contributed by atoms with Gasteiger partial charge in [0.25, 0.3) is 0 Å². The van der Waals surface area contributed by atoms with Gasteiger partial charge < -0.3 is 10.4 Å². The predicted molar refractivity (Wildman–Crippen MR) is 89.0 cm³/mol. The van der Waals surface area contributed by atoms with Crippen molar-refractivity contribution in [3.05, 3.63) is 71.3 Å². The zero-order valence-corrected chi connectivity index (χ0v) is 13.9. The third-order valence-corrected chi connectivity index (χ3v) is 4.22. The molecule has 0 spiro atoms. The fourth-order valence-corrected chi connectivity index (χ4v) is 2.59. The van der Waals surface area contributed by atoms with Crippen molar-refractivity contribution in [2.24, 2.45) is 0 Å². The smallest absolute Gasteiger partial charge is 0.314 e. The first-order chi connectivity index (χ1) is 11.7. The number of benzene rings is 2. The number of carboxylic acids is 1.